The summed E-state index contributed by atoms with van der Waals surface area (Å²) in [6.07, 6.45) is 2.33. The van der Waals surface area contributed by atoms with Crippen molar-refractivity contribution in [3.05, 3.63) is 71.2 Å². The Labute approximate surface area is 171 Å². The highest BCUT2D eigenvalue weighted by molar-refractivity contribution is 5.93. The number of nitrogens with one attached hydrogen (secondary N) is 2. The van der Waals surface area contributed by atoms with Crippen LogP contribution >= 0.6 is 0 Å². The molecule has 2 aromatic carbocycles. The number of amides is 1. The Kier molecular flexibility index (Phi) is 6.44. The van der Waals surface area contributed by atoms with Crippen molar-refractivity contribution in [2.75, 3.05) is 17.2 Å². The molecule has 0 aliphatic rings. The van der Waals surface area contributed by atoms with Crippen LogP contribution in [0.5, 0.6) is 5.75 Å². The number of nitrogens with zero attached hydrogens (tertiary/aromatic N) is 2. The van der Waals surface area contributed by atoms with Gasteiger partial charge in [-0.3, -0.25) is 4.79 Å². The SMILES string of the molecule is CCc1ccc(Nc2cc(C)ncn2)cc1NC(=O)COc1ccc(C)cc1C. The van der Waals surface area contributed by atoms with E-state index in [-0.39, 0.29) is 12.5 Å². The van der Waals surface area contributed by atoms with Gasteiger partial charge < -0.3 is 15.4 Å². The maximum absolute atomic E-state index is 12.5. The van der Waals surface area contributed by atoms with Gasteiger partial charge in [0.2, 0.25) is 0 Å². The van der Waals surface area contributed by atoms with E-state index in [2.05, 4.69) is 27.5 Å². The first-order valence-electron chi connectivity index (χ1n) is 9.63. The number of aryl methyl sites for hydroxylation is 4. The molecule has 0 saturated heterocycles. The van der Waals surface area contributed by atoms with Crippen LogP contribution in [0.25, 0.3) is 0 Å². The predicted octanol–water partition coefficient (Wildman–Crippen LogP) is 4.73. The number of carbonyl (C=O) groups excluding carboxylic acids is 1. The van der Waals surface area contributed by atoms with Crippen LogP contribution in [0.3, 0.4) is 0 Å². The lowest BCUT2D eigenvalue weighted by atomic mass is 10.1. The summed E-state index contributed by atoms with van der Waals surface area (Å²) in [7, 11) is 0. The van der Waals surface area contributed by atoms with Gasteiger partial charge in [-0.1, -0.05) is 30.7 Å². The number of carbonyl (C=O) groups is 1. The summed E-state index contributed by atoms with van der Waals surface area (Å²) in [6.45, 7) is 7.92. The van der Waals surface area contributed by atoms with Crippen molar-refractivity contribution in [3.8, 4) is 5.75 Å². The third-order valence-corrected chi connectivity index (χ3v) is 4.53. The molecular formula is C23H26N4O2. The maximum atomic E-state index is 12.5. The van der Waals surface area contributed by atoms with E-state index in [9.17, 15) is 4.79 Å². The molecule has 0 aliphatic carbocycles. The van der Waals surface area contributed by atoms with Crippen molar-refractivity contribution in [3.63, 3.8) is 0 Å². The smallest absolute Gasteiger partial charge is 0.262 e. The van der Waals surface area contributed by atoms with E-state index in [0.717, 1.165) is 45.9 Å². The van der Waals surface area contributed by atoms with E-state index in [1.807, 2.05) is 63.2 Å². The normalized spacial score (nSPS) is 10.5. The van der Waals surface area contributed by atoms with Gasteiger partial charge in [-0.05, 0) is 56.5 Å². The summed E-state index contributed by atoms with van der Waals surface area (Å²) < 4.78 is 5.69. The highest BCUT2D eigenvalue weighted by Gasteiger charge is 2.10. The van der Waals surface area contributed by atoms with Crippen molar-refractivity contribution in [1.82, 2.24) is 9.97 Å². The van der Waals surface area contributed by atoms with Crippen LogP contribution in [0.2, 0.25) is 0 Å². The molecule has 0 aliphatic heterocycles. The topological polar surface area (TPSA) is 76.1 Å². The second kappa shape index (κ2) is 9.19. The highest BCUT2D eigenvalue weighted by atomic mass is 16.5. The zero-order valence-electron chi connectivity index (χ0n) is 17.2. The standard InChI is InChI=1S/C23H26N4O2/c1-5-18-7-8-19(26-22-11-17(4)24-14-25-22)12-20(18)27-23(28)13-29-21-9-6-15(2)10-16(21)3/h6-12,14H,5,13H2,1-4H3,(H,27,28)(H,24,25,26). The van der Waals surface area contributed by atoms with E-state index < -0.39 is 0 Å². The first kappa shape index (κ1) is 20.3. The van der Waals surface area contributed by atoms with E-state index >= 15 is 0 Å². The molecule has 0 saturated carbocycles. The molecule has 0 bridgehead atoms. The quantitative estimate of drug-likeness (QED) is 0.610. The Balaban J connectivity index is 1.69. The van der Waals surface area contributed by atoms with Crippen molar-refractivity contribution in [1.29, 1.82) is 0 Å². The second-order valence-corrected chi connectivity index (χ2v) is 7.00. The molecule has 3 aromatic rings. The summed E-state index contributed by atoms with van der Waals surface area (Å²) in [5, 5.41) is 6.21. The van der Waals surface area contributed by atoms with E-state index in [1.165, 1.54) is 6.33 Å². The molecule has 0 atom stereocenters. The van der Waals surface area contributed by atoms with Gasteiger partial charge in [-0.25, -0.2) is 9.97 Å². The van der Waals surface area contributed by atoms with Gasteiger partial charge in [-0.15, -0.1) is 0 Å². The molecule has 0 spiro atoms. The molecule has 6 nitrogen and oxygen atoms in total. The largest absolute Gasteiger partial charge is 0.483 e. The Hall–Kier alpha value is -3.41. The third-order valence-electron chi connectivity index (χ3n) is 4.53. The average molecular weight is 390 g/mol. The van der Waals surface area contributed by atoms with Crippen molar-refractivity contribution >= 4 is 23.1 Å². The number of ether oxygens (including phenoxy) is 1. The Morgan fingerprint density at radius 3 is 2.59 bits per heavy atom. The number of aromatic nitrogens is 2. The lowest BCUT2D eigenvalue weighted by Gasteiger charge is -2.14. The van der Waals surface area contributed by atoms with Gasteiger partial charge >= 0.3 is 0 Å². The molecule has 6 heteroatoms. The van der Waals surface area contributed by atoms with Crippen LogP contribution in [0.1, 0.15) is 29.3 Å². The van der Waals surface area contributed by atoms with Gasteiger partial charge in [0.1, 0.15) is 17.9 Å². The zero-order chi connectivity index (χ0) is 20.8. The van der Waals surface area contributed by atoms with Gasteiger partial charge in [0.15, 0.2) is 6.61 Å². The molecule has 0 fully saturated rings. The summed E-state index contributed by atoms with van der Waals surface area (Å²) in [6, 6.07) is 13.6. The van der Waals surface area contributed by atoms with Crippen LogP contribution in [0.15, 0.2) is 48.8 Å². The molecule has 1 heterocycles. The number of hydrogen-bond donors (Lipinski definition) is 2. The molecule has 3 rings (SSSR count). The number of anilines is 3. The van der Waals surface area contributed by atoms with Crippen LogP contribution in [-0.4, -0.2) is 22.5 Å². The minimum absolute atomic E-state index is 0.0458. The van der Waals surface area contributed by atoms with Gasteiger partial charge in [-0.2, -0.15) is 0 Å². The third kappa shape index (κ3) is 5.54. The first-order valence-corrected chi connectivity index (χ1v) is 9.63. The Bertz CT molecular complexity index is 1020. The summed E-state index contributed by atoms with van der Waals surface area (Å²) in [5.41, 5.74) is 5.70. The second-order valence-electron chi connectivity index (χ2n) is 7.00. The van der Waals surface area contributed by atoms with Gasteiger partial charge in [0.05, 0.1) is 0 Å². The molecule has 0 unspecified atom stereocenters. The van der Waals surface area contributed by atoms with Crippen LogP contribution < -0.4 is 15.4 Å². The molecule has 2 N–H and O–H groups in total. The van der Waals surface area contributed by atoms with Crippen molar-refractivity contribution < 1.29 is 9.53 Å². The monoisotopic (exact) mass is 390 g/mol. The number of benzene rings is 2. The predicted molar refractivity (Wildman–Crippen MR) is 116 cm³/mol. The molecule has 1 aromatic heterocycles. The van der Waals surface area contributed by atoms with Gasteiger partial charge in [0, 0.05) is 23.1 Å². The maximum Gasteiger partial charge on any atom is 0.262 e. The van der Waals surface area contributed by atoms with Crippen LogP contribution in [-0.2, 0) is 11.2 Å². The molecule has 150 valence electrons. The van der Waals surface area contributed by atoms with E-state index in [1.54, 1.807) is 0 Å². The molecule has 0 radical (unpaired) electrons. The van der Waals surface area contributed by atoms with E-state index in [0.29, 0.717) is 5.82 Å². The lowest BCUT2D eigenvalue weighted by molar-refractivity contribution is -0.118. The average Bonchev–Trinajstić information content (AvgIpc) is 2.67. The zero-order valence-corrected chi connectivity index (χ0v) is 17.2. The Morgan fingerprint density at radius 2 is 1.86 bits per heavy atom. The Morgan fingerprint density at radius 1 is 1.03 bits per heavy atom. The number of rotatable bonds is 7. The summed E-state index contributed by atoms with van der Waals surface area (Å²) in [4.78, 5) is 20.8. The fraction of sp³-hybridized carbons (Fsp3) is 0.261. The number of hydrogen-bond acceptors (Lipinski definition) is 5. The molecule has 1 amide bonds. The van der Waals surface area contributed by atoms with Gasteiger partial charge in [0.25, 0.3) is 5.91 Å². The van der Waals surface area contributed by atoms with Crippen LogP contribution in [0, 0.1) is 20.8 Å². The highest BCUT2D eigenvalue weighted by Crippen LogP contribution is 2.24. The fourth-order valence-electron chi connectivity index (χ4n) is 3.04. The molecule has 29 heavy (non-hydrogen) atoms. The van der Waals surface area contributed by atoms with E-state index in [4.69, 9.17) is 4.74 Å². The minimum atomic E-state index is -0.199. The summed E-state index contributed by atoms with van der Waals surface area (Å²) >= 11 is 0. The lowest BCUT2D eigenvalue weighted by Crippen LogP contribution is -2.21. The van der Waals surface area contributed by atoms with Crippen LogP contribution in [0.4, 0.5) is 17.2 Å². The molecular weight excluding hydrogens is 364 g/mol. The first-order chi connectivity index (χ1) is 13.9. The minimum Gasteiger partial charge on any atom is -0.483 e. The fourth-order valence-corrected chi connectivity index (χ4v) is 3.04. The van der Waals surface area contributed by atoms with Crippen molar-refractivity contribution in [2.45, 2.75) is 34.1 Å². The van der Waals surface area contributed by atoms with Crippen molar-refractivity contribution in [2.24, 2.45) is 0 Å². The summed E-state index contributed by atoms with van der Waals surface area (Å²) in [5.74, 6) is 1.22.